The molecule has 0 saturated heterocycles. The van der Waals surface area contributed by atoms with Gasteiger partial charge in [-0.05, 0) is 62.8 Å². The number of ether oxygens (including phenoxy) is 1. The Morgan fingerprint density at radius 2 is 1.76 bits per heavy atom. The Labute approximate surface area is 149 Å². The number of benzene rings is 2. The molecule has 0 bridgehead atoms. The van der Waals surface area contributed by atoms with Crippen LogP contribution in [0.25, 0.3) is 11.0 Å². The molecule has 0 amide bonds. The van der Waals surface area contributed by atoms with E-state index in [9.17, 15) is 0 Å². The molecule has 130 valence electrons. The average molecular weight is 334 g/mol. The van der Waals surface area contributed by atoms with Crippen molar-refractivity contribution in [1.82, 2.24) is 9.55 Å². The molecule has 4 rings (SSSR count). The van der Waals surface area contributed by atoms with Crippen molar-refractivity contribution in [2.24, 2.45) is 0 Å². The number of fused-ring (bicyclic) bond motifs is 1. The molecule has 1 aliphatic carbocycles. The molecular formula is C22H26N2O. The van der Waals surface area contributed by atoms with E-state index in [0.717, 1.165) is 37.3 Å². The van der Waals surface area contributed by atoms with Crippen LogP contribution in [-0.4, -0.2) is 16.2 Å². The van der Waals surface area contributed by atoms with Gasteiger partial charge in [0.2, 0.25) is 0 Å². The van der Waals surface area contributed by atoms with E-state index < -0.39 is 0 Å². The number of nitrogens with zero attached hydrogens (tertiary/aromatic N) is 2. The number of hydrogen-bond donors (Lipinski definition) is 0. The molecule has 1 saturated carbocycles. The maximum absolute atomic E-state index is 6.04. The third-order valence-electron chi connectivity index (χ3n) is 5.06. The Kier molecular flexibility index (Phi) is 4.48. The summed E-state index contributed by atoms with van der Waals surface area (Å²) in [5.41, 5.74) is 4.85. The highest BCUT2D eigenvalue weighted by molar-refractivity contribution is 5.76. The maximum atomic E-state index is 6.04. The van der Waals surface area contributed by atoms with Gasteiger partial charge in [-0.3, -0.25) is 0 Å². The van der Waals surface area contributed by atoms with Crippen LogP contribution in [0.4, 0.5) is 0 Å². The Morgan fingerprint density at radius 1 is 1.00 bits per heavy atom. The van der Waals surface area contributed by atoms with Crippen molar-refractivity contribution in [3.63, 3.8) is 0 Å². The highest BCUT2D eigenvalue weighted by Gasteiger charge is 2.29. The normalized spacial score (nSPS) is 14.2. The maximum Gasteiger partial charge on any atom is 0.125 e. The molecule has 25 heavy (non-hydrogen) atoms. The molecular weight excluding hydrogens is 308 g/mol. The van der Waals surface area contributed by atoms with Crippen LogP contribution in [0.5, 0.6) is 5.75 Å². The molecule has 1 aliphatic rings. The Hall–Kier alpha value is -2.29. The smallest absolute Gasteiger partial charge is 0.125 e. The third-order valence-corrected chi connectivity index (χ3v) is 5.06. The van der Waals surface area contributed by atoms with E-state index in [1.165, 1.54) is 35.3 Å². The van der Waals surface area contributed by atoms with Crippen molar-refractivity contribution in [1.29, 1.82) is 0 Å². The van der Waals surface area contributed by atoms with Gasteiger partial charge in [-0.25, -0.2) is 4.98 Å². The minimum Gasteiger partial charge on any atom is -0.493 e. The van der Waals surface area contributed by atoms with Gasteiger partial charge < -0.3 is 9.30 Å². The summed E-state index contributed by atoms with van der Waals surface area (Å²) < 4.78 is 8.48. The van der Waals surface area contributed by atoms with Crippen LogP contribution < -0.4 is 4.74 Å². The fraction of sp³-hybridized carbons (Fsp3) is 0.409. The van der Waals surface area contributed by atoms with E-state index >= 15 is 0 Å². The average Bonchev–Trinajstić information content (AvgIpc) is 3.39. The standard InChI is InChI=1S/C22H26N2O/c1-16-8-7-9-17(2)21(16)25-15-6-5-14-24-20-11-4-3-10-19(20)23-22(24)18-12-13-18/h3-4,7-11,18H,5-6,12-15H2,1-2H3. The summed E-state index contributed by atoms with van der Waals surface area (Å²) in [5, 5.41) is 0. The zero-order valence-corrected chi connectivity index (χ0v) is 15.2. The molecule has 0 atom stereocenters. The van der Waals surface area contributed by atoms with Gasteiger partial charge in [0, 0.05) is 12.5 Å². The lowest BCUT2D eigenvalue weighted by Gasteiger charge is -2.12. The van der Waals surface area contributed by atoms with Crippen LogP contribution in [0.15, 0.2) is 42.5 Å². The number of imidazole rings is 1. The molecule has 0 spiro atoms. The lowest BCUT2D eigenvalue weighted by molar-refractivity contribution is 0.299. The predicted octanol–water partition coefficient (Wildman–Crippen LogP) is 5.39. The predicted molar refractivity (Wildman–Crippen MR) is 102 cm³/mol. The van der Waals surface area contributed by atoms with Crippen molar-refractivity contribution < 1.29 is 4.74 Å². The minimum absolute atomic E-state index is 0.679. The molecule has 3 nitrogen and oxygen atoms in total. The first kappa shape index (κ1) is 16.2. The Bertz CT molecular complexity index is 857. The van der Waals surface area contributed by atoms with Gasteiger partial charge in [-0.2, -0.15) is 0 Å². The summed E-state index contributed by atoms with van der Waals surface area (Å²) >= 11 is 0. The molecule has 0 N–H and O–H groups in total. The number of aromatic nitrogens is 2. The summed E-state index contributed by atoms with van der Waals surface area (Å²) in [6.07, 6.45) is 4.76. The number of aryl methyl sites for hydroxylation is 3. The van der Waals surface area contributed by atoms with Gasteiger partial charge >= 0.3 is 0 Å². The molecule has 0 radical (unpaired) electrons. The van der Waals surface area contributed by atoms with Gasteiger partial charge in [-0.1, -0.05) is 30.3 Å². The van der Waals surface area contributed by atoms with E-state index in [2.05, 4.69) is 60.9 Å². The van der Waals surface area contributed by atoms with Crippen LogP contribution in [0.3, 0.4) is 0 Å². The molecule has 0 aliphatic heterocycles. The topological polar surface area (TPSA) is 27.1 Å². The third kappa shape index (κ3) is 3.41. The van der Waals surface area contributed by atoms with Crippen LogP contribution in [0.2, 0.25) is 0 Å². The van der Waals surface area contributed by atoms with Crippen molar-refractivity contribution in [2.45, 2.75) is 52.0 Å². The number of para-hydroxylation sites is 3. The zero-order chi connectivity index (χ0) is 17.2. The molecule has 1 heterocycles. The molecule has 1 aromatic heterocycles. The van der Waals surface area contributed by atoms with Gasteiger partial charge in [0.25, 0.3) is 0 Å². The summed E-state index contributed by atoms with van der Waals surface area (Å²) in [6, 6.07) is 14.8. The van der Waals surface area contributed by atoms with Crippen LogP contribution in [0.1, 0.15) is 48.6 Å². The van der Waals surface area contributed by atoms with E-state index in [4.69, 9.17) is 9.72 Å². The second-order valence-corrected chi connectivity index (χ2v) is 7.16. The number of hydrogen-bond acceptors (Lipinski definition) is 2. The first-order valence-corrected chi connectivity index (χ1v) is 9.38. The van der Waals surface area contributed by atoms with Gasteiger partial charge in [0.15, 0.2) is 0 Å². The SMILES string of the molecule is Cc1cccc(C)c1OCCCCn1c(C2CC2)nc2ccccc21. The molecule has 2 aromatic carbocycles. The van der Waals surface area contributed by atoms with Gasteiger partial charge in [-0.15, -0.1) is 0 Å². The van der Waals surface area contributed by atoms with Gasteiger partial charge in [0.05, 0.1) is 17.6 Å². The Balaban J connectivity index is 1.37. The molecule has 0 unspecified atom stereocenters. The molecule has 1 fully saturated rings. The summed E-state index contributed by atoms with van der Waals surface area (Å²) in [7, 11) is 0. The highest BCUT2D eigenvalue weighted by atomic mass is 16.5. The first-order valence-electron chi connectivity index (χ1n) is 9.38. The monoisotopic (exact) mass is 334 g/mol. The Morgan fingerprint density at radius 3 is 2.52 bits per heavy atom. The summed E-state index contributed by atoms with van der Waals surface area (Å²) in [5.74, 6) is 3.02. The lowest BCUT2D eigenvalue weighted by atomic mass is 10.1. The van der Waals surface area contributed by atoms with Crippen molar-refractivity contribution in [2.75, 3.05) is 6.61 Å². The summed E-state index contributed by atoms with van der Waals surface area (Å²) in [6.45, 7) is 6.03. The fourth-order valence-corrected chi connectivity index (χ4v) is 3.56. The fourth-order valence-electron chi connectivity index (χ4n) is 3.56. The minimum atomic E-state index is 0.679. The van der Waals surface area contributed by atoms with E-state index in [-0.39, 0.29) is 0 Å². The summed E-state index contributed by atoms with van der Waals surface area (Å²) in [4.78, 5) is 4.88. The van der Waals surface area contributed by atoms with Crippen molar-refractivity contribution in [3.05, 3.63) is 59.4 Å². The van der Waals surface area contributed by atoms with E-state index in [0.29, 0.717) is 5.92 Å². The van der Waals surface area contributed by atoms with Crippen LogP contribution in [-0.2, 0) is 6.54 Å². The van der Waals surface area contributed by atoms with Crippen molar-refractivity contribution in [3.8, 4) is 5.75 Å². The zero-order valence-electron chi connectivity index (χ0n) is 15.2. The quantitative estimate of drug-likeness (QED) is 0.542. The van der Waals surface area contributed by atoms with Gasteiger partial charge in [0.1, 0.15) is 11.6 Å². The second kappa shape index (κ2) is 6.91. The highest BCUT2D eigenvalue weighted by Crippen LogP contribution is 2.40. The number of rotatable bonds is 7. The molecule has 3 aromatic rings. The van der Waals surface area contributed by atoms with Crippen LogP contribution >= 0.6 is 0 Å². The van der Waals surface area contributed by atoms with E-state index in [1.54, 1.807) is 0 Å². The number of unbranched alkanes of at least 4 members (excludes halogenated alkanes) is 1. The second-order valence-electron chi connectivity index (χ2n) is 7.16. The first-order chi connectivity index (χ1) is 12.2. The molecule has 3 heteroatoms. The van der Waals surface area contributed by atoms with Crippen molar-refractivity contribution >= 4 is 11.0 Å². The lowest BCUT2D eigenvalue weighted by Crippen LogP contribution is -2.06. The van der Waals surface area contributed by atoms with E-state index in [1.807, 2.05) is 0 Å². The largest absolute Gasteiger partial charge is 0.493 e. The van der Waals surface area contributed by atoms with Crippen LogP contribution in [0, 0.1) is 13.8 Å².